The molecule has 0 aromatic heterocycles. The first-order valence-electron chi connectivity index (χ1n) is 8.64. The number of carboxylic acids is 1. The molecule has 146 valence electrons. The van der Waals surface area contributed by atoms with Gasteiger partial charge < -0.3 is 14.6 Å². The monoisotopic (exact) mass is 396 g/mol. The molecule has 0 spiro atoms. The first-order chi connectivity index (χ1) is 12.8. The van der Waals surface area contributed by atoms with E-state index < -0.39 is 41.8 Å². The van der Waals surface area contributed by atoms with Crippen LogP contribution in [-0.4, -0.2) is 41.7 Å². The lowest BCUT2D eigenvalue weighted by atomic mass is 9.79. The van der Waals surface area contributed by atoms with Gasteiger partial charge in [0.1, 0.15) is 5.75 Å². The number of rotatable bonds is 5. The quantitative estimate of drug-likeness (QED) is 0.647. The fourth-order valence-corrected chi connectivity index (χ4v) is 3.82. The van der Waals surface area contributed by atoms with Crippen molar-refractivity contribution in [3.8, 4) is 5.75 Å². The van der Waals surface area contributed by atoms with Crippen LogP contribution in [-0.2, 0) is 19.1 Å². The fourth-order valence-electron chi connectivity index (χ4n) is 3.71. The Kier molecular flexibility index (Phi) is 5.57. The molecular formula is C18H21ClN2O6. The molecule has 0 radical (unpaired) electrons. The van der Waals surface area contributed by atoms with E-state index in [9.17, 15) is 19.5 Å². The minimum absolute atomic E-state index is 0.309. The molecular weight excluding hydrogens is 376 g/mol. The third kappa shape index (κ3) is 4.01. The second-order valence-corrected chi connectivity index (χ2v) is 7.26. The van der Waals surface area contributed by atoms with Crippen LogP contribution in [0, 0.1) is 25.7 Å². The van der Waals surface area contributed by atoms with Crippen molar-refractivity contribution in [2.75, 3.05) is 6.61 Å². The summed E-state index contributed by atoms with van der Waals surface area (Å²) in [6.45, 7) is 3.36. The number of carbonyl (C=O) groups is 3. The summed E-state index contributed by atoms with van der Waals surface area (Å²) in [6, 6.07) is 3.43. The molecule has 2 aliphatic heterocycles. The van der Waals surface area contributed by atoms with Crippen LogP contribution < -0.4 is 15.6 Å². The molecule has 0 unspecified atom stereocenters. The number of nitrogens with one attached hydrogen (secondary N) is 2. The summed E-state index contributed by atoms with van der Waals surface area (Å²) < 4.78 is 10.9. The highest BCUT2D eigenvalue weighted by molar-refractivity contribution is 6.32. The van der Waals surface area contributed by atoms with Gasteiger partial charge in [-0.25, -0.2) is 0 Å². The summed E-state index contributed by atoms with van der Waals surface area (Å²) >= 11 is 6.09. The van der Waals surface area contributed by atoms with Gasteiger partial charge in [-0.3, -0.25) is 25.2 Å². The Hall–Kier alpha value is -2.32. The zero-order valence-corrected chi connectivity index (χ0v) is 15.7. The van der Waals surface area contributed by atoms with Crippen LogP contribution in [0.1, 0.15) is 24.0 Å². The second-order valence-electron chi connectivity index (χ2n) is 6.88. The second kappa shape index (κ2) is 7.74. The molecule has 1 aromatic rings. The lowest BCUT2D eigenvalue weighted by Crippen LogP contribution is -2.51. The van der Waals surface area contributed by atoms with Gasteiger partial charge in [-0.2, -0.15) is 0 Å². The zero-order chi connectivity index (χ0) is 19.7. The van der Waals surface area contributed by atoms with Gasteiger partial charge in [-0.1, -0.05) is 11.6 Å². The Morgan fingerprint density at radius 1 is 1.15 bits per heavy atom. The van der Waals surface area contributed by atoms with E-state index in [4.69, 9.17) is 21.1 Å². The predicted octanol–water partition coefficient (Wildman–Crippen LogP) is 1.36. The van der Waals surface area contributed by atoms with E-state index in [0.717, 1.165) is 11.1 Å². The fraction of sp³-hybridized carbons (Fsp3) is 0.500. The Labute approximate surface area is 161 Å². The van der Waals surface area contributed by atoms with E-state index in [-0.39, 0.29) is 6.61 Å². The SMILES string of the molecule is Cc1cc(OCC(=O)NNC(=O)[C@H]2[C@@H](C(=O)O)[C@H]3CC[C@H]2O3)cc(C)c1Cl. The minimum atomic E-state index is -1.06. The van der Waals surface area contributed by atoms with Crippen molar-refractivity contribution in [3.05, 3.63) is 28.3 Å². The van der Waals surface area contributed by atoms with Crippen LogP contribution >= 0.6 is 11.6 Å². The molecule has 3 N–H and O–H groups in total. The molecule has 2 bridgehead atoms. The van der Waals surface area contributed by atoms with E-state index in [0.29, 0.717) is 23.6 Å². The number of hydrazine groups is 1. The van der Waals surface area contributed by atoms with Crippen molar-refractivity contribution in [2.45, 2.75) is 38.9 Å². The van der Waals surface area contributed by atoms with Gasteiger partial charge in [-0.05, 0) is 49.9 Å². The van der Waals surface area contributed by atoms with E-state index >= 15 is 0 Å². The van der Waals surface area contributed by atoms with E-state index in [1.807, 2.05) is 13.8 Å². The zero-order valence-electron chi connectivity index (χ0n) is 15.0. The Morgan fingerprint density at radius 3 is 2.33 bits per heavy atom. The van der Waals surface area contributed by atoms with Gasteiger partial charge in [-0.15, -0.1) is 0 Å². The highest BCUT2D eigenvalue weighted by Crippen LogP contribution is 2.43. The average molecular weight is 397 g/mol. The van der Waals surface area contributed by atoms with Gasteiger partial charge in [0.25, 0.3) is 5.91 Å². The normalized spacial score (nSPS) is 25.9. The topological polar surface area (TPSA) is 114 Å². The Morgan fingerprint density at radius 2 is 1.74 bits per heavy atom. The highest BCUT2D eigenvalue weighted by Gasteiger charge is 2.55. The number of hydrogen-bond acceptors (Lipinski definition) is 5. The number of benzene rings is 1. The predicted molar refractivity (Wildman–Crippen MR) is 95.2 cm³/mol. The maximum absolute atomic E-state index is 12.3. The summed E-state index contributed by atoms with van der Waals surface area (Å²) in [7, 11) is 0. The summed E-state index contributed by atoms with van der Waals surface area (Å²) in [4.78, 5) is 35.7. The van der Waals surface area contributed by atoms with Crippen molar-refractivity contribution < 1.29 is 29.0 Å². The lowest BCUT2D eigenvalue weighted by molar-refractivity contribution is -0.148. The largest absolute Gasteiger partial charge is 0.484 e. The molecule has 2 amide bonds. The molecule has 2 aliphatic rings. The lowest BCUT2D eigenvalue weighted by Gasteiger charge is -2.23. The highest BCUT2D eigenvalue weighted by atomic mass is 35.5. The summed E-state index contributed by atoms with van der Waals surface area (Å²) in [5.41, 5.74) is 6.19. The van der Waals surface area contributed by atoms with Crippen LogP contribution in [0.2, 0.25) is 5.02 Å². The third-order valence-electron chi connectivity index (χ3n) is 4.97. The molecule has 2 heterocycles. The Bertz CT molecular complexity index is 760. The third-order valence-corrected chi connectivity index (χ3v) is 5.56. The average Bonchev–Trinajstić information content (AvgIpc) is 3.23. The van der Waals surface area contributed by atoms with Crippen molar-refractivity contribution in [2.24, 2.45) is 11.8 Å². The number of ether oxygens (including phenoxy) is 2. The molecule has 3 rings (SSSR count). The van der Waals surface area contributed by atoms with E-state index in [2.05, 4.69) is 10.9 Å². The van der Waals surface area contributed by atoms with Crippen molar-refractivity contribution in [3.63, 3.8) is 0 Å². The van der Waals surface area contributed by atoms with Crippen molar-refractivity contribution >= 4 is 29.4 Å². The van der Waals surface area contributed by atoms with Crippen LogP contribution in [0.3, 0.4) is 0 Å². The Balaban J connectivity index is 1.50. The number of carboxylic acid groups (broad SMARTS) is 1. The van der Waals surface area contributed by atoms with E-state index in [1.165, 1.54) is 0 Å². The molecule has 0 aliphatic carbocycles. The maximum Gasteiger partial charge on any atom is 0.310 e. The van der Waals surface area contributed by atoms with Gasteiger partial charge >= 0.3 is 5.97 Å². The molecule has 2 fully saturated rings. The first-order valence-corrected chi connectivity index (χ1v) is 9.02. The van der Waals surface area contributed by atoms with Crippen molar-refractivity contribution in [1.82, 2.24) is 10.9 Å². The minimum Gasteiger partial charge on any atom is -0.484 e. The summed E-state index contributed by atoms with van der Waals surface area (Å²) in [6.07, 6.45) is 0.396. The number of aryl methyl sites for hydroxylation is 2. The van der Waals surface area contributed by atoms with Crippen LogP contribution in [0.5, 0.6) is 5.75 Å². The first kappa shape index (κ1) is 19.4. The smallest absolute Gasteiger partial charge is 0.310 e. The molecule has 8 nitrogen and oxygen atoms in total. The molecule has 1 aromatic carbocycles. The van der Waals surface area contributed by atoms with Crippen LogP contribution in [0.4, 0.5) is 0 Å². The number of carbonyl (C=O) groups excluding carboxylic acids is 2. The molecule has 4 atom stereocenters. The van der Waals surface area contributed by atoms with Crippen LogP contribution in [0.15, 0.2) is 12.1 Å². The molecule has 0 saturated carbocycles. The number of aliphatic carboxylic acids is 1. The standard InChI is InChI=1S/C18H21ClN2O6/c1-8-5-10(6-9(2)16(8)19)26-7-13(22)20-21-17(23)14-11-3-4-12(27-11)15(14)18(24)25/h5-6,11-12,14-15H,3-4,7H2,1-2H3,(H,20,22)(H,21,23)(H,24,25)/t11-,12-,14-,15+/m1/s1. The van der Waals surface area contributed by atoms with Gasteiger partial charge in [0.2, 0.25) is 5.91 Å². The number of fused-ring (bicyclic) bond motifs is 2. The van der Waals surface area contributed by atoms with Crippen LogP contribution in [0.25, 0.3) is 0 Å². The van der Waals surface area contributed by atoms with E-state index in [1.54, 1.807) is 12.1 Å². The summed E-state index contributed by atoms with van der Waals surface area (Å²) in [5, 5.41) is 9.97. The molecule has 27 heavy (non-hydrogen) atoms. The van der Waals surface area contributed by atoms with Gasteiger partial charge in [0.05, 0.1) is 24.0 Å². The van der Waals surface area contributed by atoms with Crippen molar-refractivity contribution in [1.29, 1.82) is 0 Å². The van der Waals surface area contributed by atoms with Gasteiger partial charge in [0.15, 0.2) is 6.61 Å². The van der Waals surface area contributed by atoms with Gasteiger partial charge in [0, 0.05) is 5.02 Å². The molecule has 9 heteroatoms. The number of hydrogen-bond donors (Lipinski definition) is 3. The maximum atomic E-state index is 12.3. The summed E-state index contributed by atoms with van der Waals surface area (Å²) in [5.74, 6) is -3.42. The number of halogens is 1. The molecule has 2 saturated heterocycles. The number of amides is 2.